The number of carboxylic acids is 1. The SMILES string of the molecule is CCn1cc([C@H](O)C2(C(=O)O)CCC2)cn1. The molecule has 0 amide bonds. The monoisotopic (exact) mass is 224 g/mol. The molecule has 2 rings (SSSR count). The molecule has 0 saturated heterocycles. The van der Waals surface area contributed by atoms with Crippen LogP contribution >= 0.6 is 0 Å². The molecule has 1 atom stereocenters. The molecule has 1 fully saturated rings. The molecule has 1 aromatic heterocycles. The topological polar surface area (TPSA) is 75.4 Å². The van der Waals surface area contributed by atoms with Crippen molar-refractivity contribution in [3.63, 3.8) is 0 Å². The van der Waals surface area contributed by atoms with Crippen LogP contribution in [0.5, 0.6) is 0 Å². The van der Waals surface area contributed by atoms with Gasteiger partial charge in [0.2, 0.25) is 0 Å². The van der Waals surface area contributed by atoms with Gasteiger partial charge in [0.25, 0.3) is 0 Å². The van der Waals surface area contributed by atoms with E-state index < -0.39 is 17.5 Å². The van der Waals surface area contributed by atoms with Crippen LogP contribution in [0.25, 0.3) is 0 Å². The van der Waals surface area contributed by atoms with Gasteiger partial charge < -0.3 is 10.2 Å². The smallest absolute Gasteiger partial charge is 0.312 e. The number of rotatable bonds is 4. The molecule has 1 aromatic rings. The zero-order chi connectivity index (χ0) is 11.8. The molecule has 5 nitrogen and oxygen atoms in total. The average Bonchev–Trinajstić information content (AvgIpc) is 2.62. The number of aromatic nitrogens is 2. The largest absolute Gasteiger partial charge is 0.481 e. The Morgan fingerprint density at radius 3 is 2.75 bits per heavy atom. The molecule has 16 heavy (non-hydrogen) atoms. The van der Waals surface area contributed by atoms with E-state index in [0.717, 1.165) is 6.42 Å². The quantitative estimate of drug-likeness (QED) is 0.805. The third-order valence-electron chi connectivity index (χ3n) is 3.49. The van der Waals surface area contributed by atoms with Crippen LogP contribution in [-0.2, 0) is 11.3 Å². The van der Waals surface area contributed by atoms with Crippen LogP contribution in [0.1, 0.15) is 37.9 Å². The average molecular weight is 224 g/mol. The summed E-state index contributed by atoms with van der Waals surface area (Å²) < 4.78 is 1.69. The minimum atomic E-state index is -0.985. The van der Waals surface area contributed by atoms with Crippen LogP contribution in [0.4, 0.5) is 0 Å². The lowest BCUT2D eigenvalue weighted by molar-refractivity contribution is -0.166. The van der Waals surface area contributed by atoms with Gasteiger partial charge >= 0.3 is 5.97 Å². The van der Waals surface area contributed by atoms with Crippen molar-refractivity contribution in [1.82, 2.24) is 9.78 Å². The van der Waals surface area contributed by atoms with E-state index in [-0.39, 0.29) is 0 Å². The fraction of sp³-hybridized carbons (Fsp3) is 0.636. The summed E-state index contributed by atoms with van der Waals surface area (Å²) in [5.41, 5.74) is -0.384. The lowest BCUT2D eigenvalue weighted by Gasteiger charge is -2.41. The first-order valence-corrected chi connectivity index (χ1v) is 5.54. The lowest BCUT2D eigenvalue weighted by Crippen LogP contribution is -2.43. The van der Waals surface area contributed by atoms with Crippen LogP contribution in [0, 0.1) is 5.41 Å². The zero-order valence-corrected chi connectivity index (χ0v) is 9.26. The zero-order valence-electron chi connectivity index (χ0n) is 9.26. The highest BCUT2D eigenvalue weighted by Crippen LogP contribution is 2.50. The highest BCUT2D eigenvalue weighted by atomic mass is 16.4. The standard InChI is InChI=1S/C11H16N2O3/c1-2-13-7-8(6-12-13)9(14)11(10(15)16)4-3-5-11/h6-7,9,14H,2-5H2,1H3,(H,15,16)/t9-/m0/s1. The Labute approximate surface area is 93.7 Å². The van der Waals surface area contributed by atoms with E-state index in [2.05, 4.69) is 5.10 Å². The van der Waals surface area contributed by atoms with Crippen LogP contribution in [0.15, 0.2) is 12.4 Å². The number of aryl methyl sites for hydroxylation is 1. The molecule has 0 radical (unpaired) electrons. The maximum atomic E-state index is 11.2. The summed E-state index contributed by atoms with van der Waals surface area (Å²) in [4.78, 5) is 11.2. The number of aliphatic hydroxyl groups is 1. The summed E-state index contributed by atoms with van der Waals surface area (Å²) in [5.74, 6) is -0.907. The molecular weight excluding hydrogens is 208 g/mol. The van der Waals surface area contributed by atoms with Crippen molar-refractivity contribution in [2.75, 3.05) is 0 Å². The molecular formula is C11H16N2O3. The Hall–Kier alpha value is -1.36. The Balaban J connectivity index is 2.23. The number of aliphatic carboxylic acids is 1. The molecule has 1 aliphatic carbocycles. The molecule has 1 saturated carbocycles. The number of nitrogens with zero attached hydrogens (tertiary/aromatic N) is 2. The molecule has 2 N–H and O–H groups in total. The van der Waals surface area contributed by atoms with E-state index in [1.54, 1.807) is 17.1 Å². The first kappa shape index (κ1) is 11.1. The van der Waals surface area contributed by atoms with Crippen molar-refractivity contribution in [1.29, 1.82) is 0 Å². The molecule has 0 aliphatic heterocycles. The van der Waals surface area contributed by atoms with Gasteiger partial charge in [0, 0.05) is 18.3 Å². The maximum absolute atomic E-state index is 11.2. The maximum Gasteiger partial charge on any atom is 0.312 e. The first-order chi connectivity index (χ1) is 7.60. The number of carbonyl (C=O) groups is 1. The van der Waals surface area contributed by atoms with Gasteiger partial charge in [-0.3, -0.25) is 9.48 Å². The Morgan fingerprint density at radius 2 is 2.38 bits per heavy atom. The van der Waals surface area contributed by atoms with Gasteiger partial charge in [0.1, 0.15) is 0 Å². The minimum Gasteiger partial charge on any atom is -0.481 e. The van der Waals surface area contributed by atoms with E-state index in [1.807, 2.05) is 6.92 Å². The van der Waals surface area contributed by atoms with Gasteiger partial charge in [-0.2, -0.15) is 5.10 Å². The van der Waals surface area contributed by atoms with Crippen LogP contribution in [0.2, 0.25) is 0 Å². The molecule has 5 heteroatoms. The van der Waals surface area contributed by atoms with Crippen LogP contribution < -0.4 is 0 Å². The van der Waals surface area contributed by atoms with E-state index in [0.29, 0.717) is 24.9 Å². The van der Waals surface area contributed by atoms with Crippen molar-refractivity contribution in [3.05, 3.63) is 18.0 Å². The molecule has 1 aliphatic rings. The second-order valence-electron chi connectivity index (χ2n) is 4.35. The first-order valence-electron chi connectivity index (χ1n) is 5.54. The van der Waals surface area contributed by atoms with Crippen molar-refractivity contribution in [2.24, 2.45) is 5.41 Å². The van der Waals surface area contributed by atoms with E-state index >= 15 is 0 Å². The predicted octanol–water partition coefficient (Wildman–Crippen LogP) is 1.19. The van der Waals surface area contributed by atoms with Gasteiger partial charge in [-0.25, -0.2) is 0 Å². The third-order valence-corrected chi connectivity index (χ3v) is 3.49. The second kappa shape index (κ2) is 3.90. The Bertz CT molecular complexity index is 396. The molecule has 88 valence electrons. The molecule has 0 unspecified atom stereocenters. The highest BCUT2D eigenvalue weighted by Gasteiger charge is 2.51. The van der Waals surface area contributed by atoms with Crippen LogP contribution in [0.3, 0.4) is 0 Å². The number of aliphatic hydroxyl groups excluding tert-OH is 1. The third kappa shape index (κ3) is 1.51. The molecule has 0 spiro atoms. The fourth-order valence-corrected chi connectivity index (χ4v) is 2.17. The number of hydrogen-bond donors (Lipinski definition) is 2. The van der Waals surface area contributed by atoms with E-state index in [1.165, 1.54) is 0 Å². The summed E-state index contributed by atoms with van der Waals surface area (Å²) >= 11 is 0. The van der Waals surface area contributed by atoms with Gasteiger partial charge in [0.15, 0.2) is 0 Å². The lowest BCUT2D eigenvalue weighted by atomic mass is 9.64. The van der Waals surface area contributed by atoms with Crippen molar-refractivity contribution < 1.29 is 15.0 Å². The number of carboxylic acid groups (broad SMARTS) is 1. The normalized spacial score (nSPS) is 20.1. The Kier molecular flexibility index (Phi) is 2.71. The van der Waals surface area contributed by atoms with Gasteiger partial charge in [0.05, 0.1) is 17.7 Å². The van der Waals surface area contributed by atoms with Gasteiger partial charge in [-0.15, -0.1) is 0 Å². The number of hydrogen-bond acceptors (Lipinski definition) is 3. The van der Waals surface area contributed by atoms with Gasteiger partial charge in [-0.05, 0) is 19.8 Å². The van der Waals surface area contributed by atoms with Crippen molar-refractivity contribution in [3.8, 4) is 0 Å². The molecule has 0 aromatic carbocycles. The second-order valence-corrected chi connectivity index (χ2v) is 4.35. The summed E-state index contributed by atoms with van der Waals surface area (Å²) in [6.45, 7) is 2.66. The fourth-order valence-electron chi connectivity index (χ4n) is 2.17. The summed E-state index contributed by atoms with van der Waals surface area (Å²) in [6.07, 6.45) is 4.27. The predicted molar refractivity (Wildman–Crippen MR) is 56.8 cm³/mol. The van der Waals surface area contributed by atoms with Crippen molar-refractivity contribution in [2.45, 2.75) is 38.8 Å². The minimum absolute atomic E-state index is 0.542. The molecule has 1 heterocycles. The van der Waals surface area contributed by atoms with E-state index in [9.17, 15) is 15.0 Å². The summed E-state index contributed by atoms with van der Waals surface area (Å²) in [7, 11) is 0. The Morgan fingerprint density at radius 1 is 1.69 bits per heavy atom. The summed E-state index contributed by atoms with van der Waals surface area (Å²) in [5, 5.41) is 23.4. The summed E-state index contributed by atoms with van der Waals surface area (Å²) in [6, 6.07) is 0. The molecule has 0 bridgehead atoms. The highest BCUT2D eigenvalue weighted by molar-refractivity contribution is 5.76. The van der Waals surface area contributed by atoms with E-state index in [4.69, 9.17) is 0 Å². The van der Waals surface area contributed by atoms with Crippen molar-refractivity contribution >= 4 is 5.97 Å². The van der Waals surface area contributed by atoms with Crippen LogP contribution in [-0.4, -0.2) is 26.0 Å². The van der Waals surface area contributed by atoms with Gasteiger partial charge in [-0.1, -0.05) is 6.42 Å².